The maximum absolute atomic E-state index is 12.5. The zero-order valence-electron chi connectivity index (χ0n) is 10.5. The van der Waals surface area contributed by atoms with E-state index in [2.05, 4.69) is 12.6 Å². The van der Waals surface area contributed by atoms with Gasteiger partial charge in [-0.3, -0.25) is 4.79 Å². The summed E-state index contributed by atoms with van der Waals surface area (Å²) in [5.41, 5.74) is 1.21. The Kier molecular flexibility index (Phi) is 3.20. The normalized spacial score (nSPS) is 21.6. The molecule has 0 saturated carbocycles. The Morgan fingerprint density at radius 2 is 2.22 bits per heavy atom. The highest BCUT2D eigenvalue weighted by Crippen LogP contribution is 2.45. The Morgan fingerprint density at radius 3 is 2.89 bits per heavy atom. The van der Waals surface area contributed by atoms with Crippen LogP contribution in [0.4, 0.5) is 5.69 Å². The average Bonchev–Trinajstić information content (AvgIpc) is 2.61. The average molecular weight is 240 g/mol. The fourth-order valence-corrected chi connectivity index (χ4v) is 2.70. The number of rotatable bonds is 4. The summed E-state index contributed by atoms with van der Waals surface area (Å²) < 4.78 is 0. The number of fused-ring (bicyclic) bond motifs is 1. The Hall–Kier alpha value is -2.08. The van der Waals surface area contributed by atoms with Gasteiger partial charge in [-0.2, -0.15) is 5.26 Å². The molecule has 1 aliphatic heterocycles. The van der Waals surface area contributed by atoms with Crippen LogP contribution in [0.1, 0.15) is 24.8 Å². The number of carbonyl (C=O) groups is 1. The number of hydrogen-bond acceptors (Lipinski definition) is 2. The van der Waals surface area contributed by atoms with Crippen molar-refractivity contribution in [3.8, 4) is 6.07 Å². The molecule has 1 aliphatic rings. The first-order valence-corrected chi connectivity index (χ1v) is 6.03. The summed E-state index contributed by atoms with van der Waals surface area (Å²) in [4.78, 5) is 14.2. The van der Waals surface area contributed by atoms with Gasteiger partial charge in [0, 0.05) is 12.7 Å². The third kappa shape index (κ3) is 1.62. The number of anilines is 1. The molecule has 0 spiro atoms. The number of amides is 1. The number of hydrogen-bond donors (Lipinski definition) is 0. The van der Waals surface area contributed by atoms with Gasteiger partial charge in [0.2, 0.25) is 5.91 Å². The molecule has 2 rings (SSSR count). The third-order valence-electron chi connectivity index (χ3n) is 3.65. The van der Waals surface area contributed by atoms with Gasteiger partial charge in [0.25, 0.3) is 0 Å². The van der Waals surface area contributed by atoms with Crippen molar-refractivity contribution in [2.45, 2.75) is 24.7 Å². The molecule has 0 radical (unpaired) electrons. The molecule has 18 heavy (non-hydrogen) atoms. The molecular weight excluding hydrogens is 224 g/mol. The number of para-hydroxylation sites is 1. The van der Waals surface area contributed by atoms with Gasteiger partial charge in [-0.15, -0.1) is 6.58 Å². The molecule has 1 amide bonds. The Morgan fingerprint density at radius 1 is 1.50 bits per heavy atom. The van der Waals surface area contributed by atoms with Gasteiger partial charge in [-0.05, 0) is 24.5 Å². The molecule has 0 N–H and O–H groups in total. The van der Waals surface area contributed by atoms with Crippen LogP contribution in [-0.4, -0.2) is 13.0 Å². The minimum Gasteiger partial charge on any atom is -0.314 e. The molecule has 92 valence electrons. The summed E-state index contributed by atoms with van der Waals surface area (Å²) in [6, 6.07) is 9.89. The first kappa shape index (κ1) is 12.4. The highest BCUT2D eigenvalue weighted by atomic mass is 16.2. The molecule has 1 aromatic carbocycles. The quantitative estimate of drug-likeness (QED) is 0.759. The second kappa shape index (κ2) is 4.66. The first-order valence-electron chi connectivity index (χ1n) is 6.03. The molecule has 1 heterocycles. The molecular formula is C15H16N2O. The van der Waals surface area contributed by atoms with E-state index in [4.69, 9.17) is 5.26 Å². The number of likely N-dealkylation sites (N-methyl/N-ethyl adjacent to an activating group) is 1. The van der Waals surface area contributed by atoms with Crippen LogP contribution in [0, 0.1) is 11.3 Å². The lowest BCUT2D eigenvalue weighted by molar-refractivity contribution is -0.123. The molecule has 1 unspecified atom stereocenters. The van der Waals surface area contributed by atoms with E-state index in [9.17, 15) is 4.79 Å². The van der Waals surface area contributed by atoms with Crippen molar-refractivity contribution >= 4 is 11.6 Å². The van der Waals surface area contributed by atoms with E-state index in [1.807, 2.05) is 24.3 Å². The van der Waals surface area contributed by atoms with Gasteiger partial charge in [-0.25, -0.2) is 0 Å². The summed E-state index contributed by atoms with van der Waals surface area (Å²) in [6.45, 7) is 3.71. The fourth-order valence-electron chi connectivity index (χ4n) is 2.70. The Labute approximate surface area is 107 Å². The molecule has 0 aliphatic carbocycles. The fraction of sp³-hybridized carbons (Fsp3) is 0.333. The van der Waals surface area contributed by atoms with E-state index < -0.39 is 5.41 Å². The SMILES string of the molecule is C=CCCC1(CC#N)C(=O)N(C)c2ccccc21. The number of nitriles is 1. The van der Waals surface area contributed by atoms with Gasteiger partial charge in [-0.1, -0.05) is 24.3 Å². The lowest BCUT2D eigenvalue weighted by atomic mass is 9.75. The van der Waals surface area contributed by atoms with Crippen LogP contribution in [0.15, 0.2) is 36.9 Å². The summed E-state index contributed by atoms with van der Waals surface area (Å²) in [6.07, 6.45) is 3.40. The smallest absolute Gasteiger partial charge is 0.238 e. The van der Waals surface area contributed by atoms with E-state index in [1.54, 1.807) is 18.0 Å². The van der Waals surface area contributed by atoms with Crippen LogP contribution in [0.3, 0.4) is 0 Å². The van der Waals surface area contributed by atoms with Crippen LogP contribution < -0.4 is 4.90 Å². The standard InChI is InChI=1S/C15H16N2O/c1-3-4-9-15(10-11-16)12-7-5-6-8-13(12)17(2)14(15)18/h3,5-8H,1,4,9-10H2,2H3. The number of benzene rings is 1. The van der Waals surface area contributed by atoms with Gasteiger partial charge in [0.1, 0.15) is 0 Å². The lowest BCUT2D eigenvalue weighted by Gasteiger charge is -2.24. The van der Waals surface area contributed by atoms with E-state index in [0.29, 0.717) is 6.42 Å². The minimum atomic E-state index is -0.686. The molecule has 1 aromatic rings. The number of nitrogens with zero attached hydrogens (tertiary/aromatic N) is 2. The van der Waals surface area contributed by atoms with Gasteiger partial charge < -0.3 is 4.90 Å². The van der Waals surface area contributed by atoms with E-state index in [-0.39, 0.29) is 12.3 Å². The molecule has 1 atom stereocenters. The van der Waals surface area contributed by atoms with Crippen LogP contribution in [0.2, 0.25) is 0 Å². The van der Waals surface area contributed by atoms with Crippen molar-refractivity contribution in [2.75, 3.05) is 11.9 Å². The number of carbonyl (C=O) groups excluding carboxylic acids is 1. The lowest BCUT2D eigenvalue weighted by Crippen LogP contribution is -2.38. The van der Waals surface area contributed by atoms with Gasteiger partial charge in [0.05, 0.1) is 17.9 Å². The van der Waals surface area contributed by atoms with Crippen molar-refractivity contribution in [1.29, 1.82) is 5.26 Å². The molecule has 0 saturated heterocycles. The van der Waals surface area contributed by atoms with Crippen LogP contribution in [0.5, 0.6) is 0 Å². The van der Waals surface area contributed by atoms with Crippen molar-refractivity contribution in [1.82, 2.24) is 0 Å². The molecule has 0 fully saturated rings. The maximum Gasteiger partial charge on any atom is 0.238 e. The maximum atomic E-state index is 12.5. The summed E-state index contributed by atoms with van der Waals surface area (Å²) >= 11 is 0. The molecule has 0 bridgehead atoms. The van der Waals surface area contributed by atoms with Crippen molar-refractivity contribution in [3.63, 3.8) is 0 Å². The topological polar surface area (TPSA) is 44.1 Å². The zero-order chi connectivity index (χ0) is 13.2. The second-order valence-corrected chi connectivity index (χ2v) is 4.63. The molecule has 3 heteroatoms. The largest absolute Gasteiger partial charge is 0.314 e. The highest BCUT2D eigenvalue weighted by molar-refractivity contribution is 6.07. The highest BCUT2D eigenvalue weighted by Gasteiger charge is 2.48. The summed E-state index contributed by atoms with van der Waals surface area (Å²) in [7, 11) is 1.77. The molecule has 3 nitrogen and oxygen atoms in total. The van der Waals surface area contributed by atoms with Crippen molar-refractivity contribution < 1.29 is 4.79 Å². The monoisotopic (exact) mass is 240 g/mol. The minimum absolute atomic E-state index is 0.0205. The van der Waals surface area contributed by atoms with E-state index in [1.165, 1.54) is 0 Å². The van der Waals surface area contributed by atoms with E-state index >= 15 is 0 Å². The van der Waals surface area contributed by atoms with Crippen molar-refractivity contribution in [3.05, 3.63) is 42.5 Å². The van der Waals surface area contributed by atoms with Crippen molar-refractivity contribution in [2.24, 2.45) is 0 Å². The zero-order valence-corrected chi connectivity index (χ0v) is 10.5. The van der Waals surface area contributed by atoms with Crippen LogP contribution in [0.25, 0.3) is 0 Å². The predicted octanol–water partition coefficient (Wildman–Crippen LogP) is 2.78. The molecule has 0 aromatic heterocycles. The van der Waals surface area contributed by atoms with Gasteiger partial charge in [0.15, 0.2) is 0 Å². The second-order valence-electron chi connectivity index (χ2n) is 4.63. The third-order valence-corrected chi connectivity index (χ3v) is 3.65. The predicted molar refractivity (Wildman–Crippen MR) is 71.2 cm³/mol. The first-order chi connectivity index (χ1) is 8.67. The number of allylic oxidation sites excluding steroid dienone is 1. The van der Waals surface area contributed by atoms with Crippen LogP contribution in [-0.2, 0) is 10.2 Å². The Balaban J connectivity index is 2.55. The van der Waals surface area contributed by atoms with Gasteiger partial charge >= 0.3 is 0 Å². The summed E-state index contributed by atoms with van der Waals surface area (Å²) in [5.74, 6) is 0.0205. The van der Waals surface area contributed by atoms with E-state index in [0.717, 1.165) is 17.7 Å². The van der Waals surface area contributed by atoms with Crippen LogP contribution >= 0.6 is 0 Å². The summed E-state index contributed by atoms with van der Waals surface area (Å²) in [5, 5.41) is 9.07. The Bertz CT molecular complexity index is 530.